The van der Waals surface area contributed by atoms with Crippen LogP contribution in [0.5, 0.6) is 0 Å². The van der Waals surface area contributed by atoms with E-state index in [-0.39, 0.29) is 23.9 Å². The molecular formula is C23H31ClN2O. The average molecular weight is 387 g/mol. The number of amides is 1. The molecule has 0 radical (unpaired) electrons. The van der Waals surface area contributed by atoms with E-state index in [0.29, 0.717) is 6.42 Å². The second kappa shape index (κ2) is 9.91. The van der Waals surface area contributed by atoms with Crippen molar-refractivity contribution in [3.63, 3.8) is 0 Å². The lowest BCUT2D eigenvalue weighted by Gasteiger charge is -2.47. The Morgan fingerprint density at radius 3 is 2.11 bits per heavy atom. The third-order valence-corrected chi connectivity index (χ3v) is 5.60. The highest BCUT2D eigenvalue weighted by Gasteiger charge is 2.38. The van der Waals surface area contributed by atoms with Crippen LogP contribution < -0.4 is 4.90 Å². The molecule has 1 saturated heterocycles. The minimum atomic E-state index is -0.0995. The summed E-state index contributed by atoms with van der Waals surface area (Å²) in [6.07, 6.45) is 3.67. The third-order valence-electron chi connectivity index (χ3n) is 5.60. The smallest absolute Gasteiger partial charge is 0.227 e. The Balaban J connectivity index is 0.00000261. The lowest BCUT2D eigenvalue weighted by atomic mass is 9.86. The first-order chi connectivity index (χ1) is 12.6. The molecule has 0 bridgehead atoms. The largest absolute Gasteiger partial charge is 0.307 e. The van der Waals surface area contributed by atoms with Crippen LogP contribution in [0.25, 0.3) is 0 Å². The lowest BCUT2D eigenvalue weighted by Crippen LogP contribution is -2.56. The summed E-state index contributed by atoms with van der Waals surface area (Å²) in [4.78, 5) is 17.3. The number of carbonyl (C=O) groups is 1. The van der Waals surface area contributed by atoms with E-state index in [1.165, 1.54) is 5.56 Å². The summed E-state index contributed by atoms with van der Waals surface area (Å²) >= 11 is 0. The molecule has 0 aromatic heterocycles. The fourth-order valence-corrected chi connectivity index (χ4v) is 3.91. The molecule has 0 N–H and O–H groups in total. The van der Waals surface area contributed by atoms with Crippen LogP contribution in [0, 0.1) is 0 Å². The molecule has 0 atom stereocenters. The van der Waals surface area contributed by atoms with Crippen LogP contribution >= 0.6 is 12.4 Å². The van der Waals surface area contributed by atoms with Gasteiger partial charge in [0.15, 0.2) is 0 Å². The number of carbonyl (C=O) groups excluding carboxylic acids is 1. The van der Waals surface area contributed by atoms with Crippen LogP contribution in [0.15, 0.2) is 60.7 Å². The molecule has 27 heavy (non-hydrogen) atoms. The second-order valence-corrected chi connectivity index (χ2v) is 7.49. The van der Waals surface area contributed by atoms with Crippen molar-refractivity contribution in [2.75, 3.05) is 24.5 Å². The topological polar surface area (TPSA) is 23.6 Å². The van der Waals surface area contributed by atoms with Crippen molar-refractivity contribution in [2.45, 2.75) is 45.1 Å². The van der Waals surface area contributed by atoms with E-state index in [0.717, 1.165) is 44.6 Å². The number of piperidine rings is 1. The number of nitrogens with zero attached hydrogens (tertiary/aromatic N) is 2. The molecule has 3 rings (SSSR count). The molecule has 0 aliphatic carbocycles. The molecular weight excluding hydrogens is 356 g/mol. The van der Waals surface area contributed by atoms with Crippen LogP contribution in [0.1, 0.15) is 38.7 Å². The average Bonchev–Trinajstić information content (AvgIpc) is 2.69. The van der Waals surface area contributed by atoms with Gasteiger partial charge in [0.2, 0.25) is 5.91 Å². The van der Waals surface area contributed by atoms with Crippen molar-refractivity contribution in [3.8, 4) is 0 Å². The number of halogens is 1. The molecule has 1 fully saturated rings. The molecule has 1 amide bonds. The van der Waals surface area contributed by atoms with E-state index in [2.05, 4.69) is 59.2 Å². The fraction of sp³-hybridized carbons (Fsp3) is 0.435. The van der Waals surface area contributed by atoms with Crippen LogP contribution in [-0.4, -0.2) is 36.0 Å². The zero-order valence-corrected chi connectivity index (χ0v) is 17.3. The van der Waals surface area contributed by atoms with Crippen LogP contribution in [-0.2, 0) is 11.2 Å². The zero-order chi connectivity index (χ0) is 18.4. The number of rotatable bonds is 6. The summed E-state index contributed by atoms with van der Waals surface area (Å²) in [5, 5.41) is 0. The van der Waals surface area contributed by atoms with Gasteiger partial charge in [-0.3, -0.25) is 4.79 Å². The van der Waals surface area contributed by atoms with Gasteiger partial charge in [-0.1, -0.05) is 55.5 Å². The van der Waals surface area contributed by atoms with E-state index in [1.807, 2.05) is 25.1 Å². The lowest BCUT2D eigenvalue weighted by molar-refractivity contribution is -0.119. The molecule has 1 aliphatic rings. The summed E-state index contributed by atoms with van der Waals surface area (Å²) in [6.45, 7) is 7.39. The first kappa shape index (κ1) is 21.5. The molecule has 1 heterocycles. The van der Waals surface area contributed by atoms with Gasteiger partial charge in [-0.05, 0) is 43.9 Å². The van der Waals surface area contributed by atoms with Crippen LogP contribution in [0.3, 0.4) is 0 Å². The van der Waals surface area contributed by atoms with E-state index in [4.69, 9.17) is 0 Å². The standard InChI is InChI=1S/C23H30N2O.ClH/c1-3-22(26)25(21-12-8-5-9-13-21)23(2)15-18-24(19-16-23)17-14-20-10-6-4-7-11-20;/h4-13H,3,14-19H2,1-2H3;1H. The fourth-order valence-electron chi connectivity index (χ4n) is 3.91. The summed E-state index contributed by atoms with van der Waals surface area (Å²) in [7, 11) is 0. The number of para-hydroxylation sites is 1. The number of hydrogen-bond donors (Lipinski definition) is 0. The van der Waals surface area contributed by atoms with Gasteiger partial charge in [-0.2, -0.15) is 0 Å². The number of likely N-dealkylation sites (tertiary alicyclic amines) is 1. The molecule has 146 valence electrons. The maximum atomic E-state index is 12.7. The van der Waals surface area contributed by atoms with Gasteiger partial charge in [0.05, 0.1) is 0 Å². The maximum absolute atomic E-state index is 12.7. The van der Waals surface area contributed by atoms with E-state index < -0.39 is 0 Å². The molecule has 0 unspecified atom stereocenters. The Labute approximate surface area is 169 Å². The SMILES string of the molecule is CCC(=O)N(c1ccccc1)C1(C)CCN(CCc2ccccc2)CC1.Cl. The first-order valence-corrected chi connectivity index (χ1v) is 9.77. The summed E-state index contributed by atoms with van der Waals surface area (Å²) < 4.78 is 0. The summed E-state index contributed by atoms with van der Waals surface area (Å²) in [5.41, 5.74) is 2.32. The second-order valence-electron chi connectivity index (χ2n) is 7.49. The van der Waals surface area contributed by atoms with Crippen molar-refractivity contribution in [1.82, 2.24) is 4.90 Å². The Kier molecular flexibility index (Phi) is 7.88. The quantitative estimate of drug-likeness (QED) is 0.701. The Morgan fingerprint density at radius 1 is 1.00 bits per heavy atom. The van der Waals surface area contributed by atoms with Gasteiger partial charge >= 0.3 is 0 Å². The minimum Gasteiger partial charge on any atom is -0.307 e. The molecule has 1 aliphatic heterocycles. The van der Waals surface area contributed by atoms with E-state index in [1.54, 1.807) is 0 Å². The minimum absolute atomic E-state index is 0. The normalized spacial score (nSPS) is 16.4. The maximum Gasteiger partial charge on any atom is 0.227 e. The van der Waals surface area contributed by atoms with Crippen molar-refractivity contribution in [3.05, 3.63) is 66.2 Å². The van der Waals surface area contributed by atoms with Crippen molar-refractivity contribution >= 4 is 24.0 Å². The number of hydrogen-bond acceptors (Lipinski definition) is 2. The zero-order valence-electron chi connectivity index (χ0n) is 16.4. The highest BCUT2D eigenvalue weighted by Crippen LogP contribution is 2.33. The van der Waals surface area contributed by atoms with Gasteiger partial charge in [0, 0.05) is 37.3 Å². The molecule has 2 aromatic carbocycles. The van der Waals surface area contributed by atoms with Gasteiger partial charge in [0.25, 0.3) is 0 Å². The molecule has 0 saturated carbocycles. The summed E-state index contributed by atoms with van der Waals surface area (Å²) in [5.74, 6) is 0.219. The number of anilines is 1. The first-order valence-electron chi connectivity index (χ1n) is 9.77. The predicted molar refractivity (Wildman–Crippen MR) is 116 cm³/mol. The number of benzene rings is 2. The molecule has 0 spiro atoms. The Bertz CT molecular complexity index is 697. The van der Waals surface area contributed by atoms with Gasteiger partial charge < -0.3 is 9.80 Å². The van der Waals surface area contributed by atoms with Crippen molar-refractivity contribution in [2.24, 2.45) is 0 Å². The van der Waals surface area contributed by atoms with Crippen molar-refractivity contribution < 1.29 is 4.79 Å². The third kappa shape index (κ3) is 5.33. The van der Waals surface area contributed by atoms with Crippen molar-refractivity contribution in [1.29, 1.82) is 0 Å². The molecule has 4 heteroatoms. The monoisotopic (exact) mass is 386 g/mol. The molecule has 2 aromatic rings. The van der Waals surface area contributed by atoms with Crippen LogP contribution in [0.2, 0.25) is 0 Å². The summed E-state index contributed by atoms with van der Waals surface area (Å²) in [6, 6.07) is 20.8. The Morgan fingerprint density at radius 2 is 1.56 bits per heavy atom. The van der Waals surface area contributed by atoms with Gasteiger partial charge in [0.1, 0.15) is 0 Å². The van der Waals surface area contributed by atoms with Gasteiger partial charge in [-0.15, -0.1) is 12.4 Å². The molecule has 3 nitrogen and oxygen atoms in total. The highest BCUT2D eigenvalue weighted by atomic mass is 35.5. The predicted octanol–water partition coefficient (Wildman–Crippen LogP) is 4.95. The van der Waals surface area contributed by atoms with E-state index >= 15 is 0 Å². The highest BCUT2D eigenvalue weighted by molar-refractivity contribution is 5.94. The van der Waals surface area contributed by atoms with E-state index in [9.17, 15) is 4.79 Å². The van der Waals surface area contributed by atoms with Gasteiger partial charge in [-0.25, -0.2) is 0 Å². The van der Waals surface area contributed by atoms with Crippen LogP contribution in [0.4, 0.5) is 5.69 Å². The Hall–Kier alpha value is -1.84.